The van der Waals surface area contributed by atoms with Crippen molar-refractivity contribution >= 4 is 6.09 Å². The van der Waals surface area contributed by atoms with Crippen LogP contribution >= 0.6 is 0 Å². The Bertz CT molecular complexity index is 1020. The zero-order valence-corrected chi connectivity index (χ0v) is 18.9. The third-order valence-corrected chi connectivity index (χ3v) is 5.62. The molecule has 35 heavy (non-hydrogen) atoms. The van der Waals surface area contributed by atoms with Gasteiger partial charge in [-0.05, 0) is 66.9 Å². The van der Waals surface area contributed by atoms with E-state index in [4.69, 9.17) is 4.84 Å². The van der Waals surface area contributed by atoms with Crippen LogP contribution in [-0.4, -0.2) is 42.7 Å². The van der Waals surface area contributed by atoms with E-state index in [1.807, 2.05) is 0 Å². The molecule has 0 unspecified atom stereocenters. The van der Waals surface area contributed by atoms with E-state index in [1.54, 1.807) is 13.0 Å². The molecular weight excluding hydrogens is 483 g/mol. The maximum atomic E-state index is 13.6. The molecule has 0 aliphatic carbocycles. The molecule has 5 nitrogen and oxygen atoms in total. The van der Waals surface area contributed by atoms with E-state index in [2.05, 4.69) is 5.32 Å². The van der Waals surface area contributed by atoms with Crippen molar-refractivity contribution in [2.45, 2.75) is 38.3 Å². The number of carbonyl (C=O) groups is 1. The number of hydrogen-bond donors (Lipinski definition) is 1. The van der Waals surface area contributed by atoms with Crippen LogP contribution in [0.3, 0.4) is 0 Å². The van der Waals surface area contributed by atoms with Crippen LogP contribution in [0.4, 0.5) is 35.5 Å². The summed E-state index contributed by atoms with van der Waals surface area (Å²) in [6.07, 6.45) is -10.4. The van der Waals surface area contributed by atoms with Gasteiger partial charge in [0.25, 0.3) is 0 Å². The Labute approximate surface area is 197 Å². The van der Waals surface area contributed by atoms with E-state index >= 15 is 0 Å². The summed E-state index contributed by atoms with van der Waals surface area (Å²) in [5, 5.41) is 4.55. The van der Waals surface area contributed by atoms with E-state index in [-0.39, 0.29) is 18.2 Å². The second kappa shape index (κ2) is 10.4. The summed E-state index contributed by atoms with van der Waals surface area (Å²) in [5.74, 6) is -0.416. The van der Waals surface area contributed by atoms with Gasteiger partial charge in [0.1, 0.15) is 5.82 Å². The summed E-state index contributed by atoms with van der Waals surface area (Å²) < 4.78 is 92.4. The average Bonchev–Trinajstić information content (AvgIpc) is 2.97. The molecule has 2 aromatic rings. The number of hydroxylamine groups is 2. The molecule has 1 atom stereocenters. The number of hydrogen-bond acceptors (Lipinski definition) is 4. The number of nitrogens with zero attached hydrogens (tertiary/aromatic N) is 2. The molecule has 2 aromatic carbocycles. The fraction of sp³-hybridized carbons (Fsp3) is 0.435. The molecule has 192 valence electrons. The Morgan fingerprint density at radius 1 is 1.06 bits per heavy atom. The number of amides is 1. The number of nitrogens with one attached hydrogen (secondary N) is 1. The minimum absolute atomic E-state index is 0.0294. The zero-order valence-electron chi connectivity index (χ0n) is 18.9. The lowest BCUT2D eigenvalue weighted by atomic mass is 9.98. The number of halogens is 7. The van der Waals surface area contributed by atoms with Crippen molar-refractivity contribution in [1.82, 2.24) is 15.3 Å². The van der Waals surface area contributed by atoms with Crippen molar-refractivity contribution < 1.29 is 40.4 Å². The first-order valence-electron chi connectivity index (χ1n) is 10.7. The minimum Gasteiger partial charge on any atom is -0.350 e. The molecule has 3 rings (SSSR count). The molecule has 0 radical (unpaired) electrons. The Hall–Kier alpha value is -2.86. The van der Waals surface area contributed by atoms with Gasteiger partial charge in [0, 0.05) is 26.7 Å². The lowest BCUT2D eigenvalue weighted by Gasteiger charge is -2.31. The van der Waals surface area contributed by atoms with Crippen LogP contribution in [0.5, 0.6) is 0 Å². The third kappa shape index (κ3) is 6.85. The minimum atomic E-state index is -4.99. The quantitative estimate of drug-likeness (QED) is 0.540. The van der Waals surface area contributed by atoms with Crippen molar-refractivity contribution in [3.8, 4) is 0 Å². The highest BCUT2D eigenvalue weighted by Gasteiger charge is 2.37. The van der Waals surface area contributed by atoms with E-state index in [1.165, 1.54) is 24.2 Å². The monoisotopic (exact) mass is 507 g/mol. The number of rotatable bonds is 4. The van der Waals surface area contributed by atoms with E-state index in [9.17, 15) is 35.5 Å². The number of aryl methyl sites for hydroxylation is 1. The van der Waals surface area contributed by atoms with Gasteiger partial charge < -0.3 is 15.1 Å². The summed E-state index contributed by atoms with van der Waals surface area (Å²) >= 11 is 0. The van der Waals surface area contributed by atoms with Gasteiger partial charge in [-0.25, -0.2) is 9.18 Å². The smallest absolute Gasteiger partial charge is 0.350 e. The van der Waals surface area contributed by atoms with Crippen LogP contribution in [0.1, 0.15) is 40.3 Å². The van der Waals surface area contributed by atoms with Crippen LogP contribution in [0, 0.1) is 12.7 Å². The molecule has 0 aromatic heterocycles. The summed E-state index contributed by atoms with van der Waals surface area (Å²) in [7, 11) is 1.21. The molecule has 1 aliphatic heterocycles. The van der Waals surface area contributed by atoms with Gasteiger partial charge in [-0.3, -0.25) is 0 Å². The highest BCUT2D eigenvalue weighted by molar-refractivity contribution is 5.67. The molecule has 0 bridgehead atoms. The lowest BCUT2D eigenvalue weighted by Crippen LogP contribution is -2.38. The van der Waals surface area contributed by atoms with Crippen molar-refractivity contribution in [3.63, 3.8) is 0 Å². The van der Waals surface area contributed by atoms with Gasteiger partial charge in [-0.15, -0.1) is 5.06 Å². The molecule has 1 heterocycles. The van der Waals surface area contributed by atoms with Crippen molar-refractivity contribution in [2.24, 2.45) is 0 Å². The van der Waals surface area contributed by atoms with Crippen LogP contribution in [-0.2, 0) is 23.7 Å². The van der Waals surface area contributed by atoms with Crippen molar-refractivity contribution in [2.75, 3.05) is 26.7 Å². The fourth-order valence-corrected chi connectivity index (χ4v) is 3.90. The number of benzene rings is 2. The van der Waals surface area contributed by atoms with Crippen LogP contribution in [0.25, 0.3) is 0 Å². The number of carbonyl (C=O) groups excluding carboxylic acids is 1. The lowest BCUT2D eigenvalue weighted by molar-refractivity contribution is -0.143. The average molecular weight is 507 g/mol. The van der Waals surface area contributed by atoms with Crippen LogP contribution < -0.4 is 5.32 Å². The Morgan fingerprint density at radius 3 is 2.26 bits per heavy atom. The fourth-order valence-electron chi connectivity index (χ4n) is 3.90. The van der Waals surface area contributed by atoms with Crippen molar-refractivity contribution in [3.05, 3.63) is 70.0 Å². The summed E-state index contributed by atoms with van der Waals surface area (Å²) in [6.45, 7) is 2.50. The van der Waals surface area contributed by atoms with Crippen LogP contribution in [0.2, 0.25) is 0 Å². The molecule has 12 heteroatoms. The van der Waals surface area contributed by atoms with E-state index in [0.717, 1.165) is 10.5 Å². The molecule has 1 saturated heterocycles. The standard InChI is InChI=1S/C23H24F7N3O2/c1-14-9-18(24)3-4-19(14)20-5-6-31-7-8-33(20)35-21(34)32(2)13-15-10-16(22(25,26)27)12-17(11-15)23(28,29)30/h3-4,9-12,20,31H,5-8,13H2,1-2H3/t20-/m1/s1. The van der Waals surface area contributed by atoms with Gasteiger partial charge in [-0.2, -0.15) is 26.3 Å². The van der Waals surface area contributed by atoms with E-state index in [0.29, 0.717) is 37.2 Å². The summed E-state index contributed by atoms with van der Waals surface area (Å²) in [4.78, 5) is 19.1. The molecular formula is C23H24F7N3O2. The maximum absolute atomic E-state index is 13.6. The molecule has 1 fully saturated rings. The molecule has 1 N–H and O–H groups in total. The third-order valence-electron chi connectivity index (χ3n) is 5.62. The zero-order chi connectivity index (χ0) is 26.0. The van der Waals surface area contributed by atoms with Gasteiger partial charge in [0.2, 0.25) is 0 Å². The maximum Gasteiger partial charge on any atom is 0.428 e. The summed E-state index contributed by atoms with van der Waals surface area (Å²) in [5.41, 5.74) is -1.90. The largest absolute Gasteiger partial charge is 0.428 e. The SMILES string of the molecule is Cc1cc(F)ccc1[C@H]1CCNCCN1OC(=O)N(C)Cc1cc(C(F)(F)F)cc(C(F)(F)F)c1. The first-order chi connectivity index (χ1) is 16.3. The van der Waals surface area contributed by atoms with Gasteiger partial charge in [-0.1, -0.05) is 6.07 Å². The normalized spacial score (nSPS) is 17.7. The van der Waals surface area contributed by atoms with Gasteiger partial charge in [0.05, 0.1) is 17.2 Å². The highest BCUT2D eigenvalue weighted by atomic mass is 19.4. The predicted molar refractivity (Wildman–Crippen MR) is 112 cm³/mol. The molecule has 0 spiro atoms. The first-order valence-corrected chi connectivity index (χ1v) is 10.7. The second-order valence-electron chi connectivity index (χ2n) is 8.32. The topological polar surface area (TPSA) is 44.8 Å². The van der Waals surface area contributed by atoms with E-state index < -0.39 is 48.0 Å². The number of alkyl halides is 6. The second-order valence-corrected chi connectivity index (χ2v) is 8.32. The Kier molecular flexibility index (Phi) is 7.95. The summed E-state index contributed by atoms with van der Waals surface area (Å²) in [6, 6.07) is 4.98. The predicted octanol–water partition coefficient (Wildman–Crippen LogP) is 5.69. The Balaban J connectivity index is 1.80. The highest BCUT2D eigenvalue weighted by Crippen LogP contribution is 2.36. The molecule has 0 saturated carbocycles. The van der Waals surface area contributed by atoms with Crippen molar-refractivity contribution in [1.29, 1.82) is 0 Å². The van der Waals surface area contributed by atoms with Gasteiger partial charge >= 0.3 is 18.4 Å². The molecule has 1 amide bonds. The Morgan fingerprint density at radius 2 is 1.69 bits per heavy atom. The molecule has 1 aliphatic rings. The first kappa shape index (κ1) is 26.7. The van der Waals surface area contributed by atoms with Gasteiger partial charge in [0.15, 0.2) is 0 Å². The van der Waals surface area contributed by atoms with Crippen LogP contribution in [0.15, 0.2) is 36.4 Å².